The van der Waals surface area contributed by atoms with E-state index in [0.717, 1.165) is 0 Å². The summed E-state index contributed by atoms with van der Waals surface area (Å²) in [5.41, 5.74) is 0. The van der Waals surface area contributed by atoms with Crippen molar-refractivity contribution in [2.24, 2.45) is 0 Å². The summed E-state index contributed by atoms with van der Waals surface area (Å²) in [6.07, 6.45) is 0. The molecule has 5 nitrogen and oxygen atoms in total. The second-order valence-corrected chi connectivity index (χ2v) is 5.72. The number of carbonyl (C=O) groups is 1. The van der Waals surface area contributed by atoms with Gasteiger partial charge in [0, 0.05) is 11.8 Å². The summed E-state index contributed by atoms with van der Waals surface area (Å²) in [5, 5.41) is 11.3. The smallest absolute Gasteiger partial charge is 0.320 e. The van der Waals surface area contributed by atoms with Gasteiger partial charge in [-0.15, -0.1) is 0 Å². The number of aliphatic carboxylic acids is 1. The van der Waals surface area contributed by atoms with Crippen molar-refractivity contribution in [1.29, 1.82) is 0 Å². The SMILES string of the molecule is CCS(=O)(=O)CC(C)NC(C)C(=O)O. The fraction of sp³-hybridized carbons (Fsp3) is 0.875. The molecule has 0 saturated heterocycles. The quantitative estimate of drug-likeness (QED) is 0.655. The molecule has 0 amide bonds. The molecule has 0 radical (unpaired) electrons. The number of rotatable bonds is 6. The Balaban J connectivity index is 4.12. The Bertz CT molecular complexity index is 286. The molecule has 0 aromatic heterocycles. The van der Waals surface area contributed by atoms with Crippen LogP contribution in [0.1, 0.15) is 20.8 Å². The van der Waals surface area contributed by atoms with E-state index in [1.54, 1.807) is 13.8 Å². The van der Waals surface area contributed by atoms with Crippen LogP contribution in [-0.2, 0) is 14.6 Å². The third-order valence-corrected chi connectivity index (χ3v) is 3.74. The van der Waals surface area contributed by atoms with Crippen molar-refractivity contribution < 1.29 is 18.3 Å². The van der Waals surface area contributed by atoms with Crippen molar-refractivity contribution in [3.8, 4) is 0 Å². The van der Waals surface area contributed by atoms with E-state index in [1.807, 2.05) is 0 Å². The maximum absolute atomic E-state index is 11.2. The Morgan fingerprint density at radius 1 is 1.43 bits per heavy atom. The van der Waals surface area contributed by atoms with Gasteiger partial charge in [-0.1, -0.05) is 6.92 Å². The van der Waals surface area contributed by atoms with E-state index < -0.39 is 21.8 Å². The van der Waals surface area contributed by atoms with Crippen molar-refractivity contribution in [1.82, 2.24) is 5.32 Å². The monoisotopic (exact) mass is 223 g/mol. The first-order chi connectivity index (χ1) is 6.28. The van der Waals surface area contributed by atoms with E-state index in [1.165, 1.54) is 6.92 Å². The lowest BCUT2D eigenvalue weighted by Crippen LogP contribution is -2.43. The molecule has 0 aliphatic rings. The molecule has 0 fully saturated rings. The molecule has 2 unspecified atom stereocenters. The summed E-state index contributed by atoms with van der Waals surface area (Å²) in [6, 6.07) is -1.07. The summed E-state index contributed by atoms with van der Waals surface area (Å²) in [6.45, 7) is 4.72. The minimum atomic E-state index is -3.05. The van der Waals surface area contributed by atoms with Crippen LogP contribution in [0.3, 0.4) is 0 Å². The molecular weight excluding hydrogens is 206 g/mol. The van der Waals surface area contributed by atoms with Crippen molar-refractivity contribution in [2.75, 3.05) is 11.5 Å². The highest BCUT2D eigenvalue weighted by molar-refractivity contribution is 7.91. The third-order valence-electron chi connectivity index (χ3n) is 1.85. The summed E-state index contributed by atoms with van der Waals surface area (Å²) < 4.78 is 22.3. The zero-order valence-electron chi connectivity index (χ0n) is 8.65. The Morgan fingerprint density at radius 2 is 1.93 bits per heavy atom. The number of nitrogens with one attached hydrogen (secondary N) is 1. The van der Waals surface area contributed by atoms with Crippen LogP contribution in [0, 0.1) is 0 Å². The van der Waals surface area contributed by atoms with E-state index in [-0.39, 0.29) is 17.5 Å². The van der Waals surface area contributed by atoms with E-state index in [0.29, 0.717) is 0 Å². The minimum Gasteiger partial charge on any atom is -0.480 e. The molecule has 0 rings (SSSR count). The van der Waals surface area contributed by atoms with Gasteiger partial charge in [-0.05, 0) is 13.8 Å². The molecule has 0 aromatic rings. The van der Waals surface area contributed by atoms with Crippen LogP contribution in [0.2, 0.25) is 0 Å². The second kappa shape index (κ2) is 5.31. The maximum Gasteiger partial charge on any atom is 0.320 e. The van der Waals surface area contributed by atoms with Crippen LogP contribution in [0.4, 0.5) is 0 Å². The van der Waals surface area contributed by atoms with Gasteiger partial charge in [-0.3, -0.25) is 4.79 Å². The lowest BCUT2D eigenvalue weighted by atomic mass is 10.3. The van der Waals surface area contributed by atoms with Gasteiger partial charge in [-0.2, -0.15) is 0 Å². The molecule has 0 spiro atoms. The predicted molar refractivity (Wildman–Crippen MR) is 54.0 cm³/mol. The summed E-state index contributed by atoms with van der Waals surface area (Å²) >= 11 is 0. The summed E-state index contributed by atoms with van der Waals surface area (Å²) in [7, 11) is -3.05. The van der Waals surface area contributed by atoms with Gasteiger partial charge < -0.3 is 10.4 Å². The number of carboxylic acid groups (broad SMARTS) is 1. The maximum atomic E-state index is 11.2. The summed E-state index contributed by atoms with van der Waals surface area (Å²) in [4.78, 5) is 10.5. The van der Waals surface area contributed by atoms with Crippen molar-refractivity contribution in [2.45, 2.75) is 32.9 Å². The molecular formula is C8H17NO4S. The van der Waals surface area contributed by atoms with Crippen LogP contribution in [-0.4, -0.2) is 43.1 Å². The molecule has 0 heterocycles. The molecule has 6 heteroatoms. The van der Waals surface area contributed by atoms with Gasteiger partial charge in [-0.25, -0.2) is 8.42 Å². The molecule has 0 aliphatic carbocycles. The normalized spacial score (nSPS) is 16.2. The minimum absolute atomic E-state index is 0.0267. The Hall–Kier alpha value is -0.620. The number of hydrogen-bond acceptors (Lipinski definition) is 4. The first kappa shape index (κ1) is 13.4. The zero-order chi connectivity index (χ0) is 11.4. The Labute approximate surface area is 84.4 Å². The topological polar surface area (TPSA) is 83.5 Å². The molecule has 2 N–H and O–H groups in total. The van der Waals surface area contributed by atoms with E-state index >= 15 is 0 Å². The van der Waals surface area contributed by atoms with Crippen LogP contribution >= 0.6 is 0 Å². The van der Waals surface area contributed by atoms with Gasteiger partial charge in [0.2, 0.25) is 0 Å². The molecule has 14 heavy (non-hydrogen) atoms. The predicted octanol–water partition coefficient (Wildman–Crippen LogP) is -0.128. The highest BCUT2D eigenvalue weighted by Gasteiger charge is 2.18. The average Bonchev–Trinajstić information content (AvgIpc) is 2.02. The Kier molecular flexibility index (Phi) is 5.07. The van der Waals surface area contributed by atoms with Gasteiger partial charge in [0.05, 0.1) is 5.75 Å². The van der Waals surface area contributed by atoms with Crippen LogP contribution in [0.15, 0.2) is 0 Å². The standard InChI is InChI=1S/C8H17NO4S/c1-4-14(12,13)5-6(2)9-7(3)8(10)11/h6-7,9H,4-5H2,1-3H3,(H,10,11). The number of sulfone groups is 1. The van der Waals surface area contributed by atoms with Gasteiger partial charge >= 0.3 is 5.97 Å². The zero-order valence-corrected chi connectivity index (χ0v) is 9.47. The fourth-order valence-electron chi connectivity index (χ4n) is 1.04. The fourth-order valence-corrected chi connectivity index (χ4v) is 2.14. The summed E-state index contributed by atoms with van der Waals surface area (Å²) in [5.74, 6) is -0.924. The number of hydrogen-bond donors (Lipinski definition) is 2. The van der Waals surface area contributed by atoms with Crippen LogP contribution < -0.4 is 5.32 Å². The van der Waals surface area contributed by atoms with E-state index in [9.17, 15) is 13.2 Å². The molecule has 0 aliphatic heterocycles. The molecule has 0 bridgehead atoms. The third kappa shape index (κ3) is 5.18. The van der Waals surface area contributed by atoms with Crippen LogP contribution in [0.25, 0.3) is 0 Å². The van der Waals surface area contributed by atoms with Gasteiger partial charge in [0.1, 0.15) is 6.04 Å². The van der Waals surface area contributed by atoms with Crippen LogP contribution in [0.5, 0.6) is 0 Å². The lowest BCUT2D eigenvalue weighted by Gasteiger charge is -2.16. The molecule has 0 aromatic carbocycles. The van der Waals surface area contributed by atoms with E-state index in [4.69, 9.17) is 5.11 Å². The largest absolute Gasteiger partial charge is 0.480 e. The molecule has 0 saturated carbocycles. The second-order valence-electron chi connectivity index (χ2n) is 3.33. The van der Waals surface area contributed by atoms with Gasteiger partial charge in [0.25, 0.3) is 0 Å². The van der Waals surface area contributed by atoms with Gasteiger partial charge in [0.15, 0.2) is 9.84 Å². The Morgan fingerprint density at radius 3 is 2.29 bits per heavy atom. The highest BCUT2D eigenvalue weighted by Crippen LogP contribution is 1.96. The highest BCUT2D eigenvalue weighted by atomic mass is 32.2. The van der Waals surface area contributed by atoms with Crippen molar-refractivity contribution >= 4 is 15.8 Å². The number of carboxylic acids is 1. The van der Waals surface area contributed by atoms with Crippen molar-refractivity contribution in [3.63, 3.8) is 0 Å². The first-order valence-electron chi connectivity index (χ1n) is 4.47. The van der Waals surface area contributed by atoms with E-state index in [2.05, 4.69) is 5.32 Å². The average molecular weight is 223 g/mol. The first-order valence-corrected chi connectivity index (χ1v) is 6.30. The molecule has 2 atom stereocenters. The molecule has 84 valence electrons. The van der Waals surface area contributed by atoms with Crippen molar-refractivity contribution in [3.05, 3.63) is 0 Å². The lowest BCUT2D eigenvalue weighted by molar-refractivity contribution is -0.139.